The van der Waals surface area contributed by atoms with Crippen LogP contribution in [-0.4, -0.2) is 20.2 Å². The summed E-state index contributed by atoms with van der Waals surface area (Å²) in [6.45, 7) is 2.17. The molecular weight excluding hydrogens is 228 g/mol. The molecule has 2 aromatic rings. The van der Waals surface area contributed by atoms with Gasteiger partial charge in [-0.3, -0.25) is 0 Å². The number of nitrogens with two attached hydrogens (primary N) is 2. The SMILES string of the molecule is CC1(n2nnnc2-c2cc(N)cc(N)c2)CCC1. The van der Waals surface area contributed by atoms with Gasteiger partial charge >= 0.3 is 0 Å². The molecule has 0 atom stereocenters. The maximum absolute atomic E-state index is 5.81. The van der Waals surface area contributed by atoms with Crippen molar-refractivity contribution in [1.29, 1.82) is 0 Å². The Bertz CT molecular complexity index is 564. The number of nitrogens with zero attached hydrogens (tertiary/aromatic N) is 4. The molecule has 0 bridgehead atoms. The van der Waals surface area contributed by atoms with E-state index in [4.69, 9.17) is 11.5 Å². The third kappa shape index (κ3) is 1.61. The van der Waals surface area contributed by atoms with Crippen LogP contribution in [0, 0.1) is 0 Å². The lowest BCUT2D eigenvalue weighted by atomic mass is 9.78. The van der Waals surface area contributed by atoms with Gasteiger partial charge in [0.15, 0.2) is 5.82 Å². The molecule has 4 N–H and O–H groups in total. The average Bonchev–Trinajstić information content (AvgIpc) is 2.73. The van der Waals surface area contributed by atoms with Crippen molar-refractivity contribution in [2.45, 2.75) is 31.7 Å². The molecule has 0 unspecified atom stereocenters. The third-order valence-corrected chi connectivity index (χ3v) is 3.65. The first kappa shape index (κ1) is 11.0. The standard InChI is InChI=1S/C12H16N6/c1-12(3-2-4-12)18-11(15-16-17-18)8-5-9(13)7-10(14)6-8/h5-7H,2-4,13-14H2,1H3. The van der Waals surface area contributed by atoms with Gasteiger partial charge in [0, 0.05) is 16.9 Å². The van der Waals surface area contributed by atoms with Crippen molar-refractivity contribution in [1.82, 2.24) is 20.2 Å². The molecule has 1 aromatic heterocycles. The highest BCUT2D eigenvalue weighted by Crippen LogP contribution is 2.40. The third-order valence-electron chi connectivity index (χ3n) is 3.65. The number of hydrogen-bond acceptors (Lipinski definition) is 5. The summed E-state index contributed by atoms with van der Waals surface area (Å²) in [6, 6.07) is 5.42. The van der Waals surface area contributed by atoms with Gasteiger partial charge < -0.3 is 11.5 Å². The zero-order valence-corrected chi connectivity index (χ0v) is 10.3. The second-order valence-electron chi connectivity index (χ2n) is 5.15. The quantitative estimate of drug-likeness (QED) is 0.778. The maximum Gasteiger partial charge on any atom is 0.182 e. The Labute approximate surface area is 105 Å². The van der Waals surface area contributed by atoms with Gasteiger partial charge in [-0.15, -0.1) is 5.10 Å². The minimum Gasteiger partial charge on any atom is -0.399 e. The molecule has 1 heterocycles. The molecule has 1 aliphatic carbocycles. The van der Waals surface area contributed by atoms with Crippen LogP contribution in [0.15, 0.2) is 18.2 Å². The Balaban J connectivity index is 2.09. The van der Waals surface area contributed by atoms with Crippen molar-refractivity contribution in [2.75, 3.05) is 11.5 Å². The van der Waals surface area contributed by atoms with E-state index in [-0.39, 0.29) is 5.54 Å². The van der Waals surface area contributed by atoms with Gasteiger partial charge in [-0.05, 0) is 54.8 Å². The van der Waals surface area contributed by atoms with Crippen LogP contribution in [0.4, 0.5) is 11.4 Å². The first-order chi connectivity index (χ1) is 8.58. The average molecular weight is 244 g/mol. The minimum absolute atomic E-state index is 0.0260. The second kappa shape index (κ2) is 3.69. The first-order valence-corrected chi connectivity index (χ1v) is 6.04. The van der Waals surface area contributed by atoms with Gasteiger partial charge in [0.25, 0.3) is 0 Å². The number of aromatic nitrogens is 4. The molecule has 1 aliphatic rings. The van der Waals surface area contributed by atoms with Crippen LogP contribution < -0.4 is 11.5 Å². The Hall–Kier alpha value is -2.11. The van der Waals surface area contributed by atoms with E-state index in [0.29, 0.717) is 11.4 Å². The topological polar surface area (TPSA) is 95.6 Å². The smallest absolute Gasteiger partial charge is 0.182 e. The molecular formula is C12H16N6. The van der Waals surface area contributed by atoms with Crippen LogP contribution in [0.3, 0.4) is 0 Å². The molecule has 0 saturated heterocycles. The zero-order valence-electron chi connectivity index (χ0n) is 10.3. The molecule has 0 spiro atoms. The molecule has 3 rings (SSSR count). The molecule has 1 fully saturated rings. The molecule has 94 valence electrons. The summed E-state index contributed by atoms with van der Waals surface area (Å²) >= 11 is 0. The Morgan fingerprint density at radius 1 is 1.17 bits per heavy atom. The Morgan fingerprint density at radius 2 is 1.83 bits per heavy atom. The summed E-state index contributed by atoms with van der Waals surface area (Å²) in [5, 5.41) is 12.0. The van der Waals surface area contributed by atoms with E-state index in [0.717, 1.165) is 24.2 Å². The van der Waals surface area contributed by atoms with Gasteiger partial charge in [0.1, 0.15) is 0 Å². The van der Waals surface area contributed by atoms with E-state index in [1.54, 1.807) is 6.07 Å². The van der Waals surface area contributed by atoms with Crippen molar-refractivity contribution in [2.24, 2.45) is 0 Å². The largest absolute Gasteiger partial charge is 0.399 e. The number of hydrogen-bond donors (Lipinski definition) is 2. The van der Waals surface area contributed by atoms with Crippen molar-refractivity contribution >= 4 is 11.4 Å². The number of tetrazole rings is 1. The fourth-order valence-electron chi connectivity index (χ4n) is 2.44. The second-order valence-corrected chi connectivity index (χ2v) is 5.15. The van der Waals surface area contributed by atoms with Gasteiger partial charge in [0.05, 0.1) is 5.54 Å². The van der Waals surface area contributed by atoms with E-state index in [9.17, 15) is 0 Å². The molecule has 6 heteroatoms. The fraction of sp³-hybridized carbons (Fsp3) is 0.417. The lowest BCUT2D eigenvalue weighted by molar-refractivity contribution is 0.148. The van der Waals surface area contributed by atoms with Crippen molar-refractivity contribution in [3.63, 3.8) is 0 Å². The van der Waals surface area contributed by atoms with Crippen LogP contribution in [0.1, 0.15) is 26.2 Å². The van der Waals surface area contributed by atoms with Crippen molar-refractivity contribution < 1.29 is 0 Å². The van der Waals surface area contributed by atoms with Crippen LogP contribution in [0.5, 0.6) is 0 Å². The molecule has 0 aliphatic heterocycles. The monoisotopic (exact) mass is 244 g/mol. The predicted molar refractivity (Wildman–Crippen MR) is 69.6 cm³/mol. The van der Waals surface area contributed by atoms with E-state index in [1.807, 2.05) is 16.8 Å². The summed E-state index contributed by atoms with van der Waals surface area (Å²) in [6.07, 6.45) is 3.42. The maximum atomic E-state index is 5.81. The fourth-order valence-corrected chi connectivity index (χ4v) is 2.44. The normalized spacial score (nSPS) is 17.4. The highest BCUT2D eigenvalue weighted by atomic mass is 15.6. The summed E-state index contributed by atoms with van der Waals surface area (Å²) in [7, 11) is 0. The minimum atomic E-state index is 0.0260. The van der Waals surface area contributed by atoms with E-state index in [1.165, 1.54) is 6.42 Å². The van der Waals surface area contributed by atoms with Crippen molar-refractivity contribution in [3.8, 4) is 11.4 Å². The van der Waals surface area contributed by atoms with Gasteiger partial charge in [-0.1, -0.05) is 0 Å². The summed E-state index contributed by atoms with van der Waals surface area (Å²) in [5.74, 6) is 0.733. The number of benzene rings is 1. The Morgan fingerprint density at radius 3 is 2.39 bits per heavy atom. The number of rotatable bonds is 2. The molecule has 6 nitrogen and oxygen atoms in total. The van der Waals surface area contributed by atoms with Gasteiger partial charge in [-0.25, -0.2) is 4.68 Å². The molecule has 18 heavy (non-hydrogen) atoms. The van der Waals surface area contributed by atoms with Crippen LogP contribution in [-0.2, 0) is 5.54 Å². The molecule has 1 aromatic carbocycles. The van der Waals surface area contributed by atoms with E-state index in [2.05, 4.69) is 22.4 Å². The predicted octanol–water partition coefficient (Wildman–Crippen LogP) is 1.40. The number of anilines is 2. The van der Waals surface area contributed by atoms with Crippen molar-refractivity contribution in [3.05, 3.63) is 18.2 Å². The number of nitrogen functional groups attached to an aromatic ring is 2. The zero-order chi connectivity index (χ0) is 12.8. The summed E-state index contributed by atoms with van der Waals surface area (Å²) in [4.78, 5) is 0. The van der Waals surface area contributed by atoms with Gasteiger partial charge in [0.2, 0.25) is 0 Å². The summed E-state index contributed by atoms with van der Waals surface area (Å²) < 4.78 is 1.89. The van der Waals surface area contributed by atoms with Crippen LogP contribution >= 0.6 is 0 Å². The van der Waals surface area contributed by atoms with Crippen LogP contribution in [0.2, 0.25) is 0 Å². The first-order valence-electron chi connectivity index (χ1n) is 6.04. The molecule has 0 amide bonds. The highest BCUT2D eigenvalue weighted by molar-refractivity contribution is 5.68. The highest BCUT2D eigenvalue weighted by Gasteiger charge is 2.37. The summed E-state index contributed by atoms with van der Waals surface area (Å²) in [5.41, 5.74) is 13.8. The van der Waals surface area contributed by atoms with E-state index >= 15 is 0 Å². The lowest BCUT2D eigenvalue weighted by Crippen LogP contribution is -2.38. The van der Waals surface area contributed by atoms with Gasteiger partial charge in [-0.2, -0.15) is 0 Å². The molecule has 1 saturated carbocycles. The van der Waals surface area contributed by atoms with E-state index < -0.39 is 0 Å². The lowest BCUT2D eigenvalue weighted by Gasteiger charge is -2.38. The Kier molecular flexibility index (Phi) is 2.26. The molecule has 0 radical (unpaired) electrons. The van der Waals surface area contributed by atoms with Crippen LogP contribution in [0.25, 0.3) is 11.4 Å².